The van der Waals surface area contributed by atoms with Crippen molar-refractivity contribution in [1.82, 2.24) is 9.99 Å². The van der Waals surface area contributed by atoms with Crippen LogP contribution in [0, 0.1) is 0 Å². The molecule has 0 saturated heterocycles. The fraction of sp³-hybridized carbons (Fsp3) is 0.160. The molecule has 0 fully saturated rings. The molecule has 1 aliphatic heterocycles. The minimum absolute atomic E-state index is 0.201. The molecule has 0 saturated carbocycles. The van der Waals surface area contributed by atoms with Gasteiger partial charge >= 0.3 is 5.91 Å². The number of furan rings is 1. The monoisotopic (exact) mass is 479 g/mol. The highest BCUT2D eigenvalue weighted by atomic mass is 35.5. The minimum Gasteiger partial charge on any atom is -0.494 e. The summed E-state index contributed by atoms with van der Waals surface area (Å²) >= 11 is 12.7. The summed E-state index contributed by atoms with van der Waals surface area (Å²) in [6.45, 7) is 2.49. The van der Waals surface area contributed by atoms with Crippen molar-refractivity contribution in [3.05, 3.63) is 94.0 Å². The fourth-order valence-corrected chi connectivity index (χ4v) is 4.30. The average molecular weight is 480 g/mol. The number of pyridine rings is 1. The van der Waals surface area contributed by atoms with Gasteiger partial charge in [0.05, 0.1) is 30.1 Å². The van der Waals surface area contributed by atoms with Crippen molar-refractivity contribution in [1.29, 1.82) is 0 Å². The average Bonchev–Trinajstić information content (AvgIpc) is 3.50. The van der Waals surface area contributed by atoms with E-state index in [0.29, 0.717) is 28.8 Å². The van der Waals surface area contributed by atoms with Crippen molar-refractivity contribution in [2.45, 2.75) is 19.4 Å². The fourth-order valence-electron chi connectivity index (χ4n) is 3.90. The lowest BCUT2D eigenvalue weighted by atomic mass is 9.98. The first kappa shape index (κ1) is 21.5. The number of aromatic nitrogens is 1. The number of hydrazone groups is 1. The Morgan fingerprint density at radius 3 is 2.70 bits per heavy atom. The smallest absolute Gasteiger partial charge is 0.310 e. The number of ether oxygens (including phenoxy) is 1. The molecule has 8 heteroatoms. The highest BCUT2D eigenvalue weighted by Crippen LogP contribution is 2.38. The van der Waals surface area contributed by atoms with Gasteiger partial charge in [0.25, 0.3) is 0 Å². The Morgan fingerprint density at radius 2 is 1.97 bits per heavy atom. The first-order chi connectivity index (χ1) is 16.0. The van der Waals surface area contributed by atoms with E-state index < -0.39 is 6.04 Å². The van der Waals surface area contributed by atoms with E-state index in [-0.39, 0.29) is 11.7 Å². The number of carbonyl (C=O) groups is 1. The third-order valence-corrected chi connectivity index (χ3v) is 6.02. The second-order valence-electron chi connectivity index (χ2n) is 7.56. The predicted octanol–water partition coefficient (Wildman–Crippen LogP) is 6.52. The van der Waals surface area contributed by atoms with Crippen LogP contribution >= 0.6 is 23.2 Å². The van der Waals surface area contributed by atoms with Gasteiger partial charge in [-0.25, -0.2) is 9.99 Å². The lowest BCUT2D eigenvalue weighted by Crippen LogP contribution is -2.27. The number of hydrogen-bond donors (Lipinski definition) is 0. The summed E-state index contributed by atoms with van der Waals surface area (Å²) in [5.41, 5.74) is 3.06. The zero-order valence-corrected chi connectivity index (χ0v) is 19.2. The molecule has 1 amide bonds. The van der Waals surface area contributed by atoms with Gasteiger partial charge in [-0.05, 0) is 55.0 Å². The van der Waals surface area contributed by atoms with Crippen molar-refractivity contribution in [2.24, 2.45) is 5.10 Å². The summed E-state index contributed by atoms with van der Waals surface area (Å²) in [5, 5.41) is 7.91. The van der Waals surface area contributed by atoms with Crippen LogP contribution in [0.2, 0.25) is 10.2 Å². The molecule has 1 aliphatic rings. The Labute approximate surface area is 200 Å². The number of rotatable bonds is 5. The molecular weight excluding hydrogens is 461 g/mol. The van der Waals surface area contributed by atoms with Crippen LogP contribution in [0.1, 0.15) is 41.1 Å². The topological polar surface area (TPSA) is 67.9 Å². The molecule has 2 aromatic carbocycles. The maximum Gasteiger partial charge on any atom is 0.310 e. The molecule has 0 bridgehead atoms. The number of amides is 1. The summed E-state index contributed by atoms with van der Waals surface area (Å²) < 4.78 is 10.9. The van der Waals surface area contributed by atoms with E-state index in [1.807, 2.05) is 43.3 Å². The molecule has 33 heavy (non-hydrogen) atoms. The Bertz CT molecular complexity index is 1350. The molecule has 0 radical (unpaired) electrons. The normalized spacial score (nSPS) is 15.7. The number of nitrogens with zero attached hydrogens (tertiary/aromatic N) is 3. The van der Waals surface area contributed by atoms with Crippen LogP contribution < -0.4 is 4.74 Å². The van der Waals surface area contributed by atoms with Crippen molar-refractivity contribution in [2.75, 3.05) is 6.61 Å². The first-order valence-corrected chi connectivity index (χ1v) is 11.2. The Morgan fingerprint density at radius 1 is 1.15 bits per heavy atom. The summed E-state index contributed by atoms with van der Waals surface area (Å²) in [6, 6.07) is 17.8. The van der Waals surface area contributed by atoms with Crippen molar-refractivity contribution >= 4 is 45.7 Å². The van der Waals surface area contributed by atoms with E-state index in [1.54, 1.807) is 24.3 Å². The van der Waals surface area contributed by atoms with E-state index in [4.69, 9.17) is 32.4 Å². The zero-order chi connectivity index (χ0) is 22.9. The van der Waals surface area contributed by atoms with Crippen LogP contribution in [0.15, 0.2) is 76.4 Å². The standard InChI is InChI=1S/C25H19Cl2N3O3/c1-2-32-18-10-7-16-12-19(24(27)28-20(16)13-18)22-14-21(15-5-8-17(26)9-6-15)29-30(22)25(31)23-4-3-11-33-23/h3-13,22H,2,14H2,1H3. The van der Waals surface area contributed by atoms with Gasteiger partial charge in [0.2, 0.25) is 0 Å². The SMILES string of the molecule is CCOc1ccc2cc(C3CC(c4ccc(Cl)cc4)=NN3C(=O)c3ccco3)c(Cl)nc2c1. The van der Waals surface area contributed by atoms with Crippen molar-refractivity contribution < 1.29 is 13.9 Å². The third-order valence-electron chi connectivity index (χ3n) is 5.47. The lowest BCUT2D eigenvalue weighted by Gasteiger charge is -2.22. The molecule has 2 aromatic heterocycles. The van der Waals surface area contributed by atoms with E-state index in [2.05, 4.69) is 10.1 Å². The number of benzene rings is 2. The van der Waals surface area contributed by atoms with Crippen LogP contribution in [0.4, 0.5) is 0 Å². The molecule has 0 spiro atoms. The van der Waals surface area contributed by atoms with Gasteiger partial charge in [0.1, 0.15) is 10.9 Å². The molecule has 166 valence electrons. The summed E-state index contributed by atoms with van der Waals surface area (Å²) in [5.74, 6) is 0.578. The molecule has 6 nitrogen and oxygen atoms in total. The zero-order valence-electron chi connectivity index (χ0n) is 17.7. The minimum atomic E-state index is -0.441. The van der Waals surface area contributed by atoms with Gasteiger partial charge < -0.3 is 9.15 Å². The number of hydrogen-bond acceptors (Lipinski definition) is 5. The van der Waals surface area contributed by atoms with Crippen molar-refractivity contribution in [3.8, 4) is 5.75 Å². The van der Waals surface area contributed by atoms with E-state index in [9.17, 15) is 4.79 Å². The number of fused-ring (bicyclic) bond motifs is 1. The highest BCUT2D eigenvalue weighted by Gasteiger charge is 2.36. The summed E-state index contributed by atoms with van der Waals surface area (Å²) in [6.07, 6.45) is 1.93. The first-order valence-electron chi connectivity index (χ1n) is 10.5. The maximum absolute atomic E-state index is 13.2. The highest BCUT2D eigenvalue weighted by molar-refractivity contribution is 6.31. The molecule has 4 aromatic rings. The lowest BCUT2D eigenvalue weighted by molar-refractivity contribution is 0.0678. The van der Waals surface area contributed by atoms with Crippen molar-refractivity contribution in [3.63, 3.8) is 0 Å². The maximum atomic E-state index is 13.2. The van der Waals surface area contributed by atoms with Crippen LogP contribution in [0.3, 0.4) is 0 Å². The summed E-state index contributed by atoms with van der Waals surface area (Å²) in [7, 11) is 0. The molecule has 0 aliphatic carbocycles. The quantitative estimate of drug-likeness (QED) is 0.305. The van der Waals surface area contributed by atoms with Gasteiger partial charge in [-0.1, -0.05) is 35.3 Å². The van der Waals surface area contributed by atoms with Gasteiger partial charge in [-0.2, -0.15) is 5.10 Å². The Hall–Kier alpha value is -3.35. The van der Waals surface area contributed by atoms with E-state index in [0.717, 1.165) is 27.9 Å². The molecule has 1 unspecified atom stereocenters. The van der Waals surface area contributed by atoms with Crippen LogP contribution in [-0.2, 0) is 0 Å². The molecule has 3 heterocycles. The second-order valence-corrected chi connectivity index (χ2v) is 8.35. The number of halogens is 2. The van der Waals surface area contributed by atoms with Gasteiger partial charge in [0, 0.05) is 28.5 Å². The predicted molar refractivity (Wildman–Crippen MR) is 128 cm³/mol. The summed E-state index contributed by atoms with van der Waals surface area (Å²) in [4.78, 5) is 17.8. The van der Waals surface area contributed by atoms with Gasteiger partial charge in [-0.15, -0.1) is 0 Å². The van der Waals surface area contributed by atoms with Crippen LogP contribution in [0.25, 0.3) is 10.9 Å². The Balaban J connectivity index is 1.56. The molecule has 1 atom stereocenters. The molecule has 5 rings (SSSR count). The van der Waals surface area contributed by atoms with Gasteiger partial charge in [-0.3, -0.25) is 4.79 Å². The van der Waals surface area contributed by atoms with Crippen LogP contribution in [0.5, 0.6) is 5.75 Å². The van der Waals surface area contributed by atoms with Crippen LogP contribution in [-0.4, -0.2) is 28.2 Å². The largest absolute Gasteiger partial charge is 0.494 e. The van der Waals surface area contributed by atoms with E-state index >= 15 is 0 Å². The number of carbonyl (C=O) groups excluding carboxylic acids is 1. The van der Waals surface area contributed by atoms with E-state index in [1.165, 1.54) is 11.3 Å². The third kappa shape index (κ3) is 4.19. The Kier molecular flexibility index (Phi) is 5.79. The molecule has 0 N–H and O–H groups in total. The van der Waals surface area contributed by atoms with Gasteiger partial charge in [0.15, 0.2) is 5.76 Å². The molecular formula is C25H19Cl2N3O3. The second kappa shape index (κ2) is 8.89.